The van der Waals surface area contributed by atoms with Crippen LogP contribution in [-0.2, 0) is 4.74 Å². The summed E-state index contributed by atoms with van der Waals surface area (Å²) in [6.45, 7) is 6.37. The molecule has 0 aliphatic rings. The number of carbonyl (C=O) groups excluding carboxylic acids is 1. The lowest BCUT2D eigenvalue weighted by Gasteiger charge is -2.22. The molecule has 0 radical (unpaired) electrons. The zero-order valence-corrected chi connectivity index (χ0v) is 13.3. The molecular weight excluding hydrogens is 278 g/mol. The Balaban J connectivity index is 2.12. The minimum atomic E-state index is -0.508. The zero-order chi connectivity index (χ0) is 16.2. The van der Waals surface area contributed by atoms with Crippen LogP contribution in [-0.4, -0.2) is 29.8 Å². The minimum absolute atomic E-state index is 0.0143. The Hall–Kier alpha value is -2.14. The van der Waals surface area contributed by atoms with Crippen LogP contribution < -0.4 is 11.1 Å². The van der Waals surface area contributed by atoms with Gasteiger partial charge in [-0.15, -0.1) is 0 Å². The number of hydrogen-bond acceptors (Lipinski definition) is 4. The first-order valence-electron chi connectivity index (χ1n) is 7.41. The summed E-state index contributed by atoms with van der Waals surface area (Å²) in [5.74, 6) is 0.0143. The SMILES string of the molecule is CC(C)(C)OC(=O)NCC(CN)c1ccnc2ccccc12. The normalized spacial score (nSPS) is 12.9. The Labute approximate surface area is 130 Å². The third-order valence-electron chi connectivity index (χ3n) is 3.30. The monoisotopic (exact) mass is 301 g/mol. The van der Waals surface area contributed by atoms with E-state index in [0.717, 1.165) is 16.5 Å². The van der Waals surface area contributed by atoms with E-state index < -0.39 is 11.7 Å². The highest BCUT2D eigenvalue weighted by Gasteiger charge is 2.18. The number of amides is 1. The van der Waals surface area contributed by atoms with Crippen molar-refractivity contribution in [3.8, 4) is 0 Å². The van der Waals surface area contributed by atoms with E-state index in [2.05, 4.69) is 10.3 Å². The molecule has 0 fully saturated rings. The van der Waals surface area contributed by atoms with Crippen molar-refractivity contribution in [1.29, 1.82) is 0 Å². The summed E-state index contributed by atoms with van der Waals surface area (Å²) < 4.78 is 5.25. The molecule has 5 nitrogen and oxygen atoms in total. The van der Waals surface area contributed by atoms with E-state index in [1.54, 1.807) is 6.20 Å². The number of alkyl carbamates (subject to hydrolysis) is 1. The number of nitrogens with one attached hydrogen (secondary N) is 1. The molecule has 2 aromatic rings. The van der Waals surface area contributed by atoms with Gasteiger partial charge in [-0.2, -0.15) is 0 Å². The standard InChI is InChI=1S/C17H23N3O2/c1-17(2,3)22-16(21)20-11-12(10-18)13-8-9-19-15-7-5-4-6-14(13)15/h4-9,12H,10-11,18H2,1-3H3,(H,20,21). The zero-order valence-electron chi connectivity index (χ0n) is 13.3. The molecule has 3 N–H and O–H groups in total. The number of hydrogen-bond donors (Lipinski definition) is 2. The Morgan fingerprint density at radius 3 is 2.73 bits per heavy atom. The average molecular weight is 301 g/mol. The molecule has 118 valence electrons. The van der Waals surface area contributed by atoms with Crippen LogP contribution in [0.5, 0.6) is 0 Å². The van der Waals surface area contributed by atoms with Crippen molar-refractivity contribution in [2.45, 2.75) is 32.3 Å². The highest BCUT2D eigenvalue weighted by Crippen LogP contribution is 2.23. The third-order valence-corrected chi connectivity index (χ3v) is 3.30. The maximum atomic E-state index is 11.8. The first-order chi connectivity index (χ1) is 10.4. The molecule has 1 aromatic heterocycles. The second-order valence-electron chi connectivity index (χ2n) is 6.23. The van der Waals surface area contributed by atoms with E-state index in [0.29, 0.717) is 13.1 Å². The Kier molecular flexibility index (Phi) is 4.98. The summed E-state index contributed by atoms with van der Waals surface area (Å²) >= 11 is 0. The largest absolute Gasteiger partial charge is 0.444 e. The predicted molar refractivity (Wildman–Crippen MR) is 87.8 cm³/mol. The molecule has 1 heterocycles. The summed E-state index contributed by atoms with van der Waals surface area (Å²) in [6.07, 6.45) is 1.35. The fraction of sp³-hybridized carbons (Fsp3) is 0.412. The highest BCUT2D eigenvalue weighted by molar-refractivity contribution is 5.82. The summed E-state index contributed by atoms with van der Waals surface area (Å²) in [5.41, 5.74) is 7.40. The smallest absolute Gasteiger partial charge is 0.407 e. The van der Waals surface area contributed by atoms with E-state index in [1.807, 2.05) is 51.1 Å². The molecule has 0 spiro atoms. The quantitative estimate of drug-likeness (QED) is 0.910. The second kappa shape index (κ2) is 6.75. The van der Waals surface area contributed by atoms with Crippen LogP contribution in [0.25, 0.3) is 10.9 Å². The number of benzene rings is 1. The third kappa shape index (κ3) is 4.18. The van der Waals surface area contributed by atoms with E-state index in [4.69, 9.17) is 10.5 Å². The lowest BCUT2D eigenvalue weighted by molar-refractivity contribution is 0.0525. The summed E-state index contributed by atoms with van der Waals surface area (Å²) in [4.78, 5) is 16.1. The van der Waals surface area contributed by atoms with Gasteiger partial charge in [-0.05, 0) is 38.5 Å². The minimum Gasteiger partial charge on any atom is -0.444 e. The predicted octanol–water partition coefficient (Wildman–Crippen LogP) is 2.80. The van der Waals surface area contributed by atoms with Gasteiger partial charge in [-0.1, -0.05) is 18.2 Å². The maximum Gasteiger partial charge on any atom is 0.407 e. The number of aromatic nitrogens is 1. The Morgan fingerprint density at radius 2 is 2.05 bits per heavy atom. The fourth-order valence-corrected chi connectivity index (χ4v) is 2.31. The van der Waals surface area contributed by atoms with E-state index in [-0.39, 0.29) is 5.92 Å². The number of ether oxygens (including phenoxy) is 1. The lowest BCUT2D eigenvalue weighted by Crippen LogP contribution is -2.36. The van der Waals surface area contributed by atoms with Crippen LogP contribution in [0, 0.1) is 0 Å². The topological polar surface area (TPSA) is 77.2 Å². The van der Waals surface area contributed by atoms with Gasteiger partial charge >= 0.3 is 6.09 Å². The van der Waals surface area contributed by atoms with Gasteiger partial charge in [0.25, 0.3) is 0 Å². The first-order valence-corrected chi connectivity index (χ1v) is 7.41. The molecule has 2 rings (SSSR count). The van der Waals surface area contributed by atoms with Gasteiger partial charge in [-0.25, -0.2) is 4.79 Å². The van der Waals surface area contributed by atoms with Crippen LogP contribution in [0.3, 0.4) is 0 Å². The molecule has 1 amide bonds. The molecule has 0 aliphatic heterocycles. The van der Waals surface area contributed by atoms with Crippen molar-refractivity contribution in [1.82, 2.24) is 10.3 Å². The number of pyridine rings is 1. The van der Waals surface area contributed by atoms with Gasteiger partial charge in [-0.3, -0.25) is 4.98 Å². The van der Waals surface area contributed by atoms with Crippen LogP contribution in [0.2, 0.25) is 0 Å². The fourth-order valence-electron chi connectivity index (χ4n) is 2.31. The molecule has 1 aromatic carbocycles. The molecule has 1 atom stereocenters. The van der Waals surface area contributed by atoms with Crippen molar-refractivity contribution < 1.29 is 9.53 Å². The van der Waals surface area contributed by atoms with Crippen molar-refractivity contribution >= 4 is 17.0 Å². The molecule has 0 bridgehead atoms. The van der Waals surface area contributed by atoms with Gasteiger partial charge in [0.2, 0.25) is 0 Å². The number of nitrogens with two attached hydrogens (primary N) is 1. The molecule has 5 heteroatoms. The average Bonchev–Trinajstić information content (AvgIpc) is 2.46. The second-order valence-corrected chi connectivity index (χ2v) is 6.23. The number of carbonyl (C=O) groups is 1. The molecule has 0 aliphatic carbocycles. The van der Waals surface area contributed by atoms with Gasteiger partial charge in [0.15, 0.2) is 0 Å². The highest BCUT2D eigenvalue weighted by atomic mass is 16.6. The summed E-state index contributed by atoms with van der Waals surface area (Å²) in [7, 11) is 0. The van der Waals surface area contributed by atoms with Crippen molar-refractivity contribution in [3.63, 3.8) is 0 Å². The molecule has 0 saturated carbocycles. The Morgan fingerprint density at radius 1 is 1.32 bits per heavy atom. The molecule has 22 heavy (non-hydrogen) atoms. The number of rotatable bonds is 4. The number of fused-ring (bicyclic) bond motifs is 1. The van der Waals surface area contributed by atoms with E-state index >= 15 is 0 Å². The molecule has 0 saturated heterocycles. The summed E-state index contributed by atoms with van der Waals surface area (Å²) in [6, 6.07) is 9.87. The van der Waals surface area contributed by atoms with E-state index in [9.17, 15) is 4.79 Å². The molecule has 1 unspecified atom stereocenters. The van der Waals surface area contributed by atoms with Gasteiger partial charge in [0.1, 0.15) is 5.60 Å². The number of nitrogens with zero attached hydrogens (tertiary/aromatic N) is 1. The molecular formula is C17H23N3O2. The van der Waals surface area contributed by atoms with Crippen LogP contribution in [0.1, 0.15) is 32.3 Å². The van der Waals surface area contributed by atoms with Gasteiger partial charge in [0.05, 0.1) is 5.52 Å². The van der Waals surface area contributed by atoms with Crippen LogP contribution in [0.4, 0.5) is 4.79 Å². The van der Waals surface area contributed by atoms with Crippen molar-refractivity contribution in [2.24, 2.45) is 5.73 Å². The summed E-state index contributed by atoms with van der Waals surface area (Å²) in [5, 5.41) is 3.85. The first kappa shape index (κ1) is 16.2. The van der Waals surface area contributed by atoms with Gasteiger partial charge < -0.3 is 15.8 Å². The van der Waals surface area contributed by atoms with Crippen LogP contribution in [0.15, 0.2) is 36.5 Å². The van der Waals surface area contributed by atoms with E-state index in [1.165, 1.54) is 0 Å². The van der Waals surface area contributed by atoms with Crippen molar-refractivity contribution in [3.05, 3.63) is 42.1 Å². The Bertz CT molecular complexity index is 644. The lowest BCUT2D eigenvalue weighted by atomic mass is 9.95. The maximum absolute atomic E-state index is 11.8. The number of para-hydroxylation sites is 1. The van der Waals surface area contributed by atoms with Crippen molar-refractivity contribution in [2.75, 3.05) is 13.1 Å². The van der Waals surface area contributed by atoms with Gasteiger partial charge in [0, 0.05) is 30.6 Å². The van der Waals surface area contributed by atoms with Crippen LogP contribution >= 0.6 is 0 Å².